The average Bonchev–Trinajstić information content (AvgIpc) is 3.24. The van der Waals surface area contributed by atoms with Crippen LogP contribution in [0, 0.1) is 13.8 Å². The van der Waals surface area contributed by atoms with E-state index < -0.39 is 11.6 Å². The number of aromatic nitrogens is 4. The lowest BCUT2D eigenvalue weighted by atomic mass is 10.1. The first-order valence-electron chi connectivity index (χ1n) is 11.4. The molecule has 0 fully saturated rings. The summed E-state index contributed by atoms with van der Waals surface area (Å²) in [7, 11) is 3.11. The lowest BCUT2D eigenvalue weighted by Crippen LogP contribution is -2.38. The van der Waals surface area contributed by atoms with Crippen molar-refractivity contribution in [3.63, 3.8) is 0 Å². The van der Waals surface area contributed by atoms with Gasteiger partial charge < -0.3 is 14.8 Å². The van der Waals surface area contributed by atoms with Crippen molar-refractivity contribution >= 4 is 16.8 Å². The van der Waals surface area contributed by atoms with Gasteiger partial charge in [-0.2, -0.15) is 10.2 Å². The first-order valence-corrected chi connectivity index (χ1v) is 11.4. The zero-order chi connectivity index (χ0) is 25.1. The molecule has 0 aliphatic rings. The Morgan fingerprint density at radius 1 is 1.03 bits per heavy atom. The second-order valence-corrected chi connectivity index (χ2v) is 8.19. The molecular formula is C26H29N5O4. The number of ether oxygens (including phenoxy) is 2. The first-order chi connectivity index (χ1) is 16.9. The van der Waals surface area contributed by atoms with E-state index in [1.165, 1.54) is 4.68 Å². The molecule has 0 aliphatic heterocycles. The predicted octanol–water partition coefficient (Wildman–Crippen LogP) is 3.48. The van der Waals surface area contributed by atoms with Gasteiger partial charge in [0.1, 0.15) is 6.04 Å². The Hall–Kier alpha value is -4.14. The van der Waals surface area contributed by atoms with Crippen LogP contribution in [0.25, 0.3) is 16.6 Å². The van der Waals surface area contributed by atoms with Gasteiger partial charge in [-0.05, 0) is 38.5 Å². The van der Waals surface area contributed by atoms with Gasteiger partial charge in [0.2, 0.25) is 5.91 Å². The molecule has 0 spiro atoms. The minimum atomic E-state index is -0.788. The lowest BCUT2D eigenvalue weighted by Gasteiger charge is -2.18. The summed E-state index contributed by atoms with van der Waals surface area (Å²) in [5.74, 6) is 0.817. The maximum absolute atomic E-state index is 13.4. The number of amides is 1. The molecule has 4 aromatic rings. The van der Waals surface area contributed by atoms with Gasteiger partial charge in [0.25, 0.3) is 5.56 Å². The Bertz CT molecular complexity index is 1430. The highest BCUT2D eigenvalue weighted by Crippen LogP contribution is 2.30. The zero-order valence-electron chi connectivity index (χ0n) is 20.5. The van der Waals surface area contributed by atoms with Crippen molar-refractivity contribution in [3.05, 3.63) is 75.8 Å². The fourth-order valence-corrected chi connectivity index (χ4v) is 4.34. The molecule has 2 aromatic carbocycles. The van der Waals surface area contributed by atoms with E-state index in [2.05, 4.69) is 15.5 Å². The second kappa shape index (κ2) is 10.0. The maximum Gasteiger partial charge on any atom is 0.295 e. The van der Waals surface area contributed by atoms with Crippen molar-refractivity contribution in [1.29, 1.82) is 0 Å². The number of fused-ring (bicyclic) bond motifs is 1. The van der Waals surface area contributed by atoms with E-state index in [-0.39, 0.29) is 12.5 Å². The highest BCUT2D eigenvalue weighted by molar-refractivity contribution is 5.84. The number of para-hydroxylation sites is 2. The van der Waals surface area contributed by atoms with E-state index in [0.29, 0.717) is 34.5 Å². The predicted molar refractivity (Wildman–Crippen MR) is 133 cm³/mol. The molecule has 1 N–H and O–H groups in total. The topological polar surface area (TPSA) is 100 Å². The number of nitrogens with one attached hydrogen (secondary N) is 1. The van der Waals surface area contributed by atoms with Crippen LogP contribution in [0.5, 0.6) is 11.5 Å². The highest BCUT2D eigenvalue weighted by Gasteiger charge is 2.25. The molecule has 35 heavy (non-hydrogen) atoms. The van der Waals surface area contributed by atoms with E-state index in [0.717, 1.165) is 16.9 Å². The summed E-state index contributed by atoms with van der Waals surface area (Å²) in [6.07, 6.45) is 0.386. The molecule has 9 nitrogen and oxygen atoms in total. The number of carbonyl (C=O) groups is 1. The number of hydrogen-bond donors (Lipinski definition) is 1. The first kappa shape index (κ1) is 24.0. The standard InChI is InChI=1S/C26H29N5O4/c1-6-20(25(32)27-15-18-11-10-14-21(34-4)24(18)35-5)31-26(33)23-22(16(2)28-31)17(3)30(29-23)19-12-8-7-9-13-19/h7-14,20H,6,15H2,1-5H3,(H,27,32)/t20-/m0/s1. The van der Waals surface area contributed by atoms with Gasteiger partial charge in [-0.1, -0.05) is 37.3 Å². The third-order valence-corrected chi connectivity index (χ3v) is 6.07. The highest BCUT2D eigenvalue weighted by atomic mass is 16.5. The van der Waals surface area contributed by atoms with Crippen molar-refractivity contribution in [2.45, 2.75) is 39.8 Å². The lowest BCUT2D eigenvalue weighted by molar-refractivity contribution is -0.125. The SMILES string of the molecule is CC[C@@H](C(=O)NCc1cccc(OC)c1OC)n1nc(C)c2c(C)n(-c3ccccc3)nc2c1=O. The summed E-state index contributed by atoms with van der Waals surface area (Å²) in [4.78, 5) is 26.6. The molecule has 2 heterocycles. The van der Waals surface area contributed by atoms with E-state index in [1.807, 2.05) is 63.2 Å². The number of aryl methyl sites for hydroxylation is 2. The summed E-state index contributed by atoms with van der Waals surface area (Å²) in [5, 5.41) is 12.7. The summed E-state index contributed by atoms with van der Waals surface area (Å²) in [6.45, 7) is 5.80. The second-order valence-electron chi connectivity index (χ2n) is 8.19. The number of nitrogens with zero attached hydrogens (tertiary/aromatic N) is 4. The number of benzene rings is 2. The Kier molecular flexibility index (Phi) is 6.86. The molecule has 0 saturated carbocycles. The van der Waals surface area contributed by atoms with Crippen LogP contribution in [0.3, 0.4) is 0 Å². The van der Waals surface area contributed by atoms with Gasteiger partial charge in [0.15, 0.2) is 17.0 Å². The van der Waals surface area contributed by atoms with Gasteiger partial charge in [0.05, 0.1) is 36.7 Å². The Balaban J connectivity index is 1.68. The van der Waals surface area contributed by atoms with Crippen LogP contribution >= 0.6 is 0 Å². The van der Waals surface area contributed by atoms with Gasteiger partial charge in [-0.25, -0.2) is 9.36 Å². The molecule has 0 radical (unpaired) electrons. The van der Waals surface area contributed by atoms with Gasteiger partial charge in [-0.15, -0.1) is 0 Å². The number of rotatable bonds is 8. The molecule has 0 saturated heterocycles. The third-order valence-electron chi connectivity index (χ3n) is 6.07. The summed E-state index contributed by atoms with van der Waals surface area (Å²) >= 11 is 0. The fourth-order valence-electron chi connectivity index (χ4n) is 4.34. The fraction of sp³-hybridized carbons (Fsp3) is 0.308. The van der Waals surface area contributed by atoms with Crippen molar-refractivity contribution < 1.29 is 14.3 Å². The Morgan fingerprint density at radius 3 is 2.43 bits per heavy atom. The van der Waals surface area contributed by atoms with Gasteiger partial charge in [-0.3, -0.25) is 9.59 Å². The Labute approximate surface area is 203 Å². The minimum Gasteiger partial charge on any atom is -0.493 e. The van der Waals surface area contributed by atoms with Crippen LogP contribution in [-0.2, 0) is 11.3 Å². The summed E-state index contributed by atoms with van der Waals surface area (Å²) in [5.41, 5.74) is 2.97. The molecular weight excluding hydrogens is 446 g/mol. The van der Waals surface area contributed by atoms with Gasteiger partial charge >= 0.3 is 0 Å². The van der Waals surface area contributed by atoms with Crippen molar-refractivity contribution in [1.82, 2.24) is 24.9 Å². The smallest absolute Gasteiger partial charge is 0.295 e. The molecule has 0 bridgehead atoms. The Morgan fingerprint density at radius 2 is 1.77 bits per heavy atom. The largest absolute Gasteiger partial charge is 0.493 e. The van der Waals surface area contributed by atoms with Crippen LogP contribution in [0.2, 0.25) is 0 Å². The van der Waals surface area contributed by atoms with Crippen LogP contribution in [0.15, 0.2) is 53.3 Å². The number of carbonyl (C=O) groups excluding carboxylic acids is 1. The molecule has 182 valence electrons. The molecule has 9 heteroatoms. The monoisotopic (exact) mass is 475 g/mol. The molecule has 0 unspecified atom stereocenters. The molecule has 1 amide bonds. The molecule has 0 aliphatic carbocycles. The summed E-state index contributed by atoms with van der Waals surface area (Å²) in [6, 6.07) is 14.3. The van der Waals surface area contributed by atoms with Crippen LogP contribution in [0.4, 0.5) is 0 Å². The van der Waals surface area contributed by atoms with E-state index in [1.54, 1.807) is 25.0 Å². The maximum atomic E-state index is 13.4. The zero-order valence-corrected chi connectivity index (χ0v) is 20.5. The van der Waals surface area contributed by atoms with Crippen LogP contribution < -0.4 is 20.3 Å². The molecule has 4 rings (SSSR count). The van der Waals surface area contributed by atoms with E-state index in [4.69, 9.17) is 9.47 Å². The van der Waals surface area contributed by atoms with Crippen LogP contribution in [-0.4, -0.2) is 39.7 Å². The number of hydrogen-bond acceptors (Lipinski definition) is 6. The minimum absolute atomic E-state index is 0.216. The quantitative estimate of drug-likeness (QED) is 0.419. The third kappa shape index (κ3) is 4.37. The van der Waals surface area contributed by atoms with Crippen molar-refractivity contribution in [2.75, 3.05) is 14.2 Å². The molecule has 2 aromatic heterocycles. The normalized spacial score (nSPS) is 11.9. The van der Waals surface area contributed by atoms with Gasteiger partial charge in [0, 0.05) is 12.1 Å². The average molecular weight is 476 g/mol. The number of methoxy groups -OCH3 is 2. The molecule has 1 atom stereocenters. The summed E-state index contributed by atoms with van der Waals surface area (Å²) < 4.78 is 13.8. The van der Waals surface area contributed by atoms with Crippen molar-refractivity contribution in [3.8, 4) is 17.2 Å². The van der Waals surface area contributed by atoms with Crippen LogP contribution in [0.1, 0.15) is 36.3 Å². The van der Waals surface area contributed by atoms with E-state index >= 15 is 0 Å². The van der Waals surface area contributed by atoms with Crippen molar-refractivity contribution in [2.24, 2.45) is 0 Å². The van der Waals surface area contributed by atoms with E-state index in [9.17, 15) is 9.59 Å².